The Kier molecular flexibility index (Phi) is 3.08. The molecule has 1 heterocycles. The van der Waals surface area contributed by atoms with Gasteiger partial charge in [0, 0.05) is 22.7 Å². The van der Waals surface area contributed by atoms with Gasteiger partial charge >= 0.3 is 0 Å². The van der Waals surface area contributed by atoms with E-state index in [0.717, 1.165) is 28.9 Å². The second-order valence-electron chi connectivity index (χ2n) is 5.60. The van der Waals surface area contributed by atoms with Crippen molar-refractivity contribution in [2.45, 2.75) is 38.6 Å². The molecule has 0 saturated carbocycles. The van der Waals surface area contributed by atoms with Gasteiger partial charge in [0.25, 0.3) is 0 Å². The molecule has 1 aromatic carbocycles. The predicted molar refractivity (Wildman–Crippen MR) is 77.7 cm³/mol. The minimum Gasteiger partial charge on any atom is -0.362 e. The summed E-state index contributed by atoms with van der Waals surface area (Å²) >= 11 is 0. The summed E-state index contributed by atoms with van der Waals surface area (Å²) < 4.78 is 0. The van der Waals surface area contributed by atoms with E-state index in [9.17, 15) is 10.1 Å². The zero-order chi connectivity index (χ0) is 14.3. The minimum atomic E-state index is -0.529. The molecule has 0 spiro atoms. The number of rotatable bonds is 2. The summed E-state index contributed by atoms with van der Waals surface area (Å²) in [6.45, 7) is 3.99. The van der Waals surface area contributed by atoms with Crippen LogP contribution in [0.25, 0.3) is 0 Å². The monoisotopic (exact) mass is 270 g/mol. The van der Waals surface area contributed by atoms with E-state index in [1.165, 1.54) is 5.56 Å². The standard InChI is InChI=1S/C16H18N2O2/c1-10-9-14(11(2)17-10)16-13-6-4-3-5-12(13)7-8-15(16)18(19)20/h3-6,9,15-17H,7-8H2,1-2H3/t15-,16+/m0/s1. The summed E-state index contributed by atoms with van der Waals surface area (Å²) in [6.07, 6.45) is 1.40. The maximum Gasteiger partial charge on any atom is 0.224 e. The van der Waals surface area contributed by atoms with E-state index in [1.807, 2.05) is 32.0 Å². The molecule has 2 atom stereocenters. The minimum absolute atomic E-state index is 0.109. The van der Waals surface area contributed by atoms with Gasteiger partial charge in [0.15, 0.2) is 0 Å². The van der Waals surface area contributed by atoms with Crippen LogP contribution in [-0.2, 0) is 6.42 Å². The number of nitrogens with zero attached hydrogens (tertiary/aromatic N) is 1. The van der Waals surface area contributed by atoms with Crippen molar-refractivity contribution in [2.24, 2.45) is 0 Å². The lowest BCUT2D eigenvalue weighted by Crippen LogP contribution is -2.33. The van der Waals surface area contributed by atoms with Gasteiger partial charge in [0.05, 0.1) is 5.92 Å². The van der Waals surface area contributed by atoms with E-state index in [4.69, 9.17) is 0 Å². The number of H-pyrrole nitrogens is 1. The van der Waals surface area contributed by atoms with Crippen molar-refractivity contribution in [3.05, 3.63) is 68.5 Å². The maximum absolute atomic E-state index is 11.5. The van der Waals surface area contributed by atoms with Crippen LogP contribution < -0.4 is 0 Å². The molecule has 1 N–H and O–H groups in total. The van der Waals surface area contributed by atoms with Crippen LogP contribution in [0.2, 0.25) is 0 Å². The molecule has 0 fully saturated rings. The van der Waals surface area contributed by atoms with Gasteiger partial charge in [-0.3, -0.25) is 10.1 Å². The molecule has 1 aliphatic carbocycles. The van der Waals surface area contributed by atoms with Crippen molar-refractivity contribution in [2.75, 3.05) is 0 Å². The Hall–Kier alpha value is -2.10. The Morgan fingerprint density at radius 2 is 2.00 bits per heavy atom. The number of hydrogen-bond acceptors (Lipinski definition) is 2. The number of aryl methyl sites for hydroxylation is 3. The van der Waals surface area contributed by atoms with Crippen molar-refractivity contribution in [1.82, 2.24) is 4.98 Å². The first-order valence-corrected chi connectivity index (χ1v) is 6.95. The molecule has 20 heavy (non-hydrogen) atoms. The lowest BCUT2D eigenvalue weighted by atomic mass is 9.76. The van der Waals surface area contributed by atoms with Gasteiger partial charge in [0.1, 0.15) is 0 Å². The average Bonchev–Trinajstić information content (AvgIpc) is 2.76. The molecule has 1 aliphatic rings. The van der Waals surface area contributed by atoms with E-state index in [0.29, 0.717) is 6.42 Å². The van der Waals surface area contributed by atoms with Crippen molar-refractivity contribution < 1.29 is 4.92 Å². The number of hydrogen-bond donors (Lipinski definition) is 1. The number of nitro groups is 1. The molecule has 0 amide bonds. The van der Waals surface area contributed by atoms with Gasteiger partial charge in [-0.2, -0.15) is 0 Å². The molecule has 0 radical (unpaired) electrons. The third-order valence-corrected chi connectivity index (χ3v) is 4.28. The van der Waals surface area contributed by atoms with Gasteiger partial charge in [-0.25, -0.2) is 0 Å². The fraction of sp³-hybridized carbons (Fsp3) is 0.375. The third kappa shape index (κ3) is 2.01. The third-order valence-electron chi connectivity index (χ3n) is 4.28. The Morgan fingerprint density at radius 3 is 2.65 bits per heavy atom. The molecule has 1 aromatic heterocycles. The molecule has 4 nitrogen and oxygen atoms in total. The summed E-state index contributed by atoms with van der Waals surface area (Å²) in [5.74, 6) is -0.139. The van der Waals surface area contributed by atoms with E-state index < -0.39 is 6.04 Å². The van der Waals surface area contributed by atoms with Gasteiger partial charge in [0.2, 0.25) is 6.04 Å². The van der Waals surface area contributed by atoms with E-state index in [-0.39, 0.29) is 10.8 Å². The molecule has 0 bridgehead atoms. The molecule has 3 rings (SSSR count). The van der Waals surface area contributed by atoms with Gasteiger partial charge in [-0.15, -0.1) is 0 Å². The average molecular weight is 270 g/mol. The van der Waals surface area contributed by atoms with Crippen LogP contribution in [0.15, 0.2) is 30.3 Å². The summed E-state index contributed by atoms with van der Waals surface area (Å²) in [5.41, 5.74) is 5.52. The summed E-state index contributed by atoms with van der Waals surface area (Å²) in [4.78, 5) is 14.6. The first-order chi connectivity index (χ1) is 9.58. The van der Waals surface area contributed by atoms with Crippen LogP contribution in [0.3, 0.4) is 0 Å². The maximum atomic E-state index is 11.5. The topological polar surface area (TPSA) is 58.9 Å². The summed E-state index contributed by atoms with van der Waals surface area (Å²) in [5, 5.41) is 11.5. The molecule has 0 unspecified atom stereocenters. The SMILES string of the molecule is Cc1cc([C@H]2c3ccccc3CC[C@@H]2[N+](=O)[O-])c(C)[nH]1. The Labute approximate surface area is 118 Å². The van der Waals surface area contributed by atoms with Crippen LogP contribution in [0.5, 0.6) is 0 Å². The first-order valence-electron chi connectivity index (χ1n) is 6.95. The quantitative estimate of drug-likeness (QED) is 0.672. The van der Waals surface area contributed by atoms with Gasteiger partial charge in [-0.1, -0.05) is 24.3 Å². The van der Waals surface area contributed by atoms with Crippen LogP contribution >= 0.6 is 0 Å². The molecule has 0 saturated heterocycles. The van der Waals surface area contributed by atoms with Crippen molar-refractivity contribution in [3.63, 3.8) is 0 Å². The number of nitrogens with one attached hydrogen (secondary N) is 1. The fourth-order valence-electron chi connectivity index (χ4n) is 3.41. The Bertz CT molecular complexity index is 660. The van der Waals surface area contributed by atoms with Crippen LogP contribution in [0.4, 0.5) is 0 Å². The Morgan fingerprint density at radius 1 is 1.25 bits per heavy atom. The van der Waals surface area contributed by atoms with E-state index in [2.05, 4.69) is 17.1 Å². The van der Waals surface area contributed by atoms with Gasteiger partial charge < -0.3 is 4.98 Å². The van der Waals surface area contributed by atoms with E-state index >= 15 is 0 Å². The predicted octanol–water partition coefficient (Wildman–Crippen LogP) is 3.35. The largest absolute Gasteiger partial charge is 0.362 e. The number of fused-ring (bicyclic) bond motifs is 1. The van der Waals surface area contributed by atoms with Crippen LogP contribution in [0.1, 0.15) is 40.4 Å². The molecular formula is C16H18N2O2. The summed E-state index contributed by atoms with van der Waals surface area (Å²) in [6, 6.07) is 9.64. The van der Waals surface area contributed by atoms with Gasteiger partial charge in [-0.05, 0) is 43.0 Å². The van der Waals surface area contributed by atoms with E-state index in [1.54, 1.807) is 0 Å². The Balaban J connectivity index is 2.17. The van der Waals surface area contributed by atoms with Crippen molar-refractivity contribution in [1.29, 1.82) is 0 Å². The summed E-state index contributed by atoms with van der Waals surface area (Å²) in [7, 11) is 0. The fourth-order valence-corrected chi connectivity index (χ4v) is 3.41. The molecule has 4 heteroatoms. The highest BCUT2D eigenvalue weighted by molar-refractivity contribution is 5.43. The second-order valence-corrected chi connectivity index (χ2v) is 5.60. The molecule has 0 aliphatic heterocycles. The van der Waals surface area contributed by atoms with Crippen molar-refractivity contribution in [3.8, 4) is 0 Å². The first kappa shape index (κ1) is 12.9. The van der Waals surface area contributed by atoms with Crippen LogP contribution in [-0.4, -0.2) is 15.9 Å². The van der Waals surface area contributed by atoms with Crippen molar-refractivity contribution >= 4 is 0 Å². The molecule has 2 aromatic rings. The zero-order valence-electron chi connectivity index (χ0n) is 11.7. The second kappa shape index (κ2) is 4.78. The highest BCUT2D eigenvalue weighted by atomic mass is 16.6. The number of aromatic nitrogens is 1. The lowest BCUT2D eigenvalue weighted by Gasteiger charge is -2.28. The zero-order valence-corrected chi connectivity index (χ0v) is 11.7. The normalized spacial score (nSPS) is 21.5. The highest BCUT2D eigenvalue weighted by Gasteiger charge is 2.39. The van der Waals surface area contributed by atoms with Crippen LogP contribution in [0, 0.1) is 24.0 Å². The smallest absolute Gasteiger partial charge is 0.224 e. The number of benzene rings is 1. The number of aromatic amines is 1. The molecular weight excluding hydrogens is 252 g/mol. The highest BCUT2D eigenvalue weighted by Crippen LogP contribution is 2.39. The lowest BCUT2D eigenvalue weighted by molar-refractivity contribution is -0.526. The molecule has 104 valence electrons.